The maximum absolute atomic E-state index is 12.0. The van der Waals surface area contributed by atoms with Crippen molar-refractivity contribution in [3.05, 3.63) is 30.1 Å². The molecule has 0 aliphatic carbocycles. The summed E-state index contributed by atoms with van der Waals surface area (Å²) >= 11 is 0. The number of hydrogen-bond acceptors (Lipinski definition) is 10. The molecule has 1 aliphatic rings. The maximum Gasteiger partial charge on any atom is 0.303 e. The topological polar surface area (TPSA) is 132 Å². The van der Waals surface area contributed by atoms with E-state index in [2.05, 4.69) is 4.98 Å². The van der Waals surface area contributed by atoms with Gasteiger partial charge in [-0.05, 0) is 19.1 Å². The number of carbonyl (C=O) groups excluding carboxylic acids is 4. The van der Waals surface area contributed by atoms with Crippen LogP contribution in [0.4, 0.5) is 0 Å². The van der Waals surface area contributed by atoms with Gasteiger partial charge in [-0.15, -0.1) is 0 Å². The van der Waals surface area contributed by atoms with Crippen LogP contribution in [0.25, 0.3) is 11.0 Å². The van der Waals surface area contributed by atoms with Crippen LogP contribution in [0.15, 0.2) is 24.3 Å². The number of carbonyl (C=O) groups is 4. The van der Waals surface area contributed by atoms with E-state index in [4.69, 9.17) is 23.7 Å². The van der Waals surface area contributed by atoms with E-state index in [1.807, 2.05) is 24.3 Å². The summed E-state index contributed by atoms with van der Waals surface area (Å²) in [5, 5.41) is 0. The number of aryl methyl sites for hydroxylation is 1. The normalized spacial score (nSPS) is 24.7. The highest BCUT2D eigenvalue weighted by Crippen LogP contribution is 2.37. The molecule has 2 heterocycles. The highest BCUT2D eigenvalue weighted by Gasteiger charge is 2.53. The van der Waals surface area contributed by atoms with Gasteiger partial charge in [0, 0.05) is 27.7 Å². The quantitative estimate of drug-likeness (QED) is 0.460. The van der Waals surface area contributed by atoms with E-state index in [0.29, 0.717) is 16.9 Å². The Bertz CT molecular complexity index is 1060. The Hall–Kier alpha value is -3.47. The monoisotopic (exact) mass is 462 g/mol. The average Bonchev–Trinajstić information content (AvgIpc) is 3.04. The predicted octanol–water partition coefficient (Wildman–Crippen LogP) is 1.60. The molecular formula is C22H26N2O9. The summed E-state index contributed by atoms with van der Waals surface area (Å²) in [5.74, 6) is -2.07. The van der Waals surface area contributed by atoms with E-state index in [9.17, 15) is 19.2 Å². The molecule has 178 valence electrons. The lowest BCUT2D eigenvalue weighted by Gasteiger charge is -2.45. The third-order valence-electron chi connectivity index (χ3n) is 4.99. The fourth-order valence-electron chi connectivity index (χ4n) is 3.90. The van der Waals surface area contributed by atoms with Gasteiger partial charge in [0.15, 0.2) is 24.5 Å². The molecule has 1 saturated heterocycles. The van der Waals surface area contributed by atoms with Crippen molar-refractivity contribution in [3.8, 4) is 0 Å². The fraction of sp³-hybridized carbons (Fsp3) is 0.500. The van der Waals surface area contributed by atoms with Crippen molar-refractivity contribution in [2.45, 2.75) is 65.3 Å². The Morgan fingerprint density at radius 1 is 0.879 bits per heavy atom. The Labute approximate surface area is 189 Å². The molecule has 0 bridgehead atoms. The van der Waals surface area contributed by atoms with Crippen LogP contribution in [-0.4, -0.2) is 64.5 Å². The third-order valence-corrected chi connectivity index (χ3v) is 4.99. The van der Waals surface area contributed by atoms with Gasteiger partial charge in [0.1, 0.15) is 18.5 Å². The van der Waals surface area contributed by atoms with Gasteiger partial charge in [-0.25, -0.2) is 4.98 Å². The Kier molecular flexibility index (Phi) is 7.32. The van der Waals surface area contributed by atoms with E-state index < -0.39 is 54.5 Å². The molecule has 5 atom stereocenters. The van der Waals surface area contributed by atoms with Gasteiger partial charge in [-0.2, -0.15) is 0 Å². The molecule has 1 aliphatic heterocycles. The molecule has 0 saturated carbocycles. The lowest BCUT2D eigenvalue weighted by atomic mass is 9.97. The van der Waals surface area contributed by atoms with Gasteiger partial charge in [0.2, 0.25) is 0 Å². The Balaban J connectivity index is 2.15. The van der Waals surface area contributed by atoms with Crippen LogP contribution in [0, 0.1) is 6.92 Å². The lowest BCUT2D eigenvalue weighted by Crippen LogP contribution is -2.60. The predicted molar refractivity (Wildman–Crippen MR) is 112 cm³/mol. The SMILES string of the molecule is CC(=O)OCC1OC(n2c(C)nc3ccccc32)C(OC(C)=O)C(OC(C)=O)C1OC(C)=O. The van der Waals surface area contributed by atoms with Crippen LogP contribution in [0.1, 0.15) is 39.7 Å². The minimum atomic E-state index is -1.24. The van der Waals surface area contributed by atoms with Crippen LogP contribution in [0.3, 0.4) is 0 Å². The number of benzene rings is 1. The first kappa shape index (κ1) is 24.2. The zero-order valence-electron chi connectivity index (χ0n) is 19.0. The highest BCUT2D eigenvalue weighted by molar-refractivity contribution is 5.76. The molecule has 0 radical (unpaired) electrons. The summed E-state index contributed by atoms with van der Waals surface area (Å²) < 4.78 is 29.5. The van der Waals surface area contributed by atoms with Gasteiger partial charge >= 0.3 is 23.9 Å². The zero-order valence-corrected chi connectivity index (χ0v) is 19.0. The molecule has 5 unspecified atom stereocenters. The summed E-state index contributed by atoms with van der Waals surface area (Å²) in [6, 6.07) is 7.26. The van der Waals surface area contributed by atoms with Crippen molar-refractivity contribution in [3.63, 3.8) is 0 Å². The van der Waals surface area contributed by atoms with Crippen molar-refractivity contribution >= 4 is 34.9 Å². The van der Waals surface area contributed by atoms with Crippen LogP contribution in [0.5, 0.6) is 0 Å². The molecule has 1 aromatic carbocycles. The van der Waals surface area contributed by atoms with Crippen LogP contribution in [0.2, 0.25) is 0 Å². The zero-order chi connectivity index (χ0) is 24.3. The first-order valence-electron chi connectivity index (χ1n) is 10.3. The molecule has 1 aromatic heterocycles. The molecule has 0 spiro atoms. The minimum absolute atomic E-state index is 0.292. The fourth-order valence-corrected chi connectivity index (χ4v) is 3.90. The van der Waals surface area contributed by atoms with Crippen LogP contribution < -0.4 is 0 Å². The number of para-hydroxylation sites is 2. The number of ether oxygens (including phenoxy) is 5. The number of aromatic nitrogens is 2. The maximum atomic E-state index is 12.0. The number of fused-ring (bicyclic) bond motifs is 1. The molecule has 11 nitrogen and oxygen atoms in total. The third kappa shape index (κ3) is 5.48. The van der Waals surface area contributed by atoms with E-state index >= 15 is 0 Å². The minimum Gasteiger partial charge on any atom is -0.463 e. The smallest absolute Gasteiger partial charge is 0.303 e. The molecule has 33 heavy (non-hydrogen) atoms. The van der Waals surface area contributed by atoms with Gasteiger partial charge in [-0.3, -0.25) is 23.7 Å². The van der Waals surface area contributed by atoms with Crippen molar-refractivity contribution < 1.29 is 42.9 Å². The summed E-state index contributed by atoms with van der Waals surface area (Å²) in [4.78, 5) is 51.8. The standard InChI is InChI=1S/C22H26N2O9/c1-11-23-16-8-6-7-9-17(16)24(11)22-21(32-15(5)28)20(31-14(4)27)19(30-13(3)26)18(33-22)10-29-12(2)25/h6-9,18-22H,10H2,1-5H3. The van der Waals surface area contributed by atoms with Gasteiger partial charge < -0.3 is 23.7 Å². The second-order valence-corrected chi connectivity index (χ2v) is 7.61. The summed E-state index contributed by atoms with van der Waals surface area (Å²) in [7, 11) is 0. The molecule has 2 aromatic rings. The first-order chi connectivity index (χ1) is 15.6. The summed E-state index contributed by atoms with van der Waals surface area (Å²) in [6.45, 7) is 6.23. The Morgan fingerprint density at radius 3 is 2.06 bits per heavy atom. The van der Waals surface area contributed by atoms with E-state index in [1.165, 1.54) is 27.7 Å². The molecule has 0 amide bonds. The van der Waals surface area contributed by atoms with Crippen molar-refractivity contribution in [2.24, 2.45) is 0 Å². The Morgan fingerprint density at radius 2 is 1.45 bits per heavy atom. The van der Waals surface area contributed by atoms with Gasteiger partial charge in [0.05, 0.1) is 11.0 Å². The second kappa shape index (κ2) is 9.99. The highest BCUT2D eigenvalue weighted by atomic mass is 16.7. The van der Waals surface area contributed by atoms with E-state index in [1.54, 1.807) is 11.5 Å². The molecule has 3 rings (SSSR count). The van der Waals surface area contributed by atoms with Crippen molar-refractivity contribution in [2.75, 3.05) is 6.61 Å². The molecular weight excluding hydrogens is 436 g/mol. The molecule has 0 N–H and O–H groups in total. The largest absolute Gasteiger partial charge is 0.463 e. The number of hydrogen-bond donors (Lipinski definition) is 0. The van der Waals surface area contributed by atoms with Gasteiger partial charge in [-0.1, -0.05) is 12.1 Å². The number of imidazole rings is 1. The number of esters is 4. The number of rotatable bonds is 6. The van der Waals surface area contributed by atoms with E-state index in [0.717, 1.165) is 0 Å². The van der Waals surface area contributed by atoms with Crippen molar-refractivity contribution in [1.29, 1.82) is 0 Å². The van der Waals surface area contributed by atoms with Crippen molar-refractivity contribution in [1.82, 2.24) is 9.55 Å². The van der Waals surface area contributed by atoms with Crippen LogP contribution >= 0.6 is 0 Å². The summed E-state index contributed by atoms with van der Waals surface area (Å²) in [5.41, 5.74) is 1.35. The van der Waals surface area contributed by atoms with Crippen LogP contribution in [-0.2, 0) is 42.9 Å². The second-order valence-electron chi connectivity index (χ2n) is 7.61. The first-order valence-corrected chi connectivity index (χ1v) is 10.3. The summed E-state index contributed by atoms with van der Waals surface area (Å²) in [6.07, 6.45) is -5.70. The molecule has 11 heteroatoms. The molecule has 1 fully saturated rings. The lowest BCUT2D eigenvalue weighted by molar-refractivity contribution is -0.268. The van der Waals surface area contributed by atoms with Gasteiger partial charge in [0.25, 0.3) is 0 Å². The average molecular weight is 462 g/mol. The number of nitrogens with zero attached hydrogens (tertiary/aromatic N) is 2. The van der Waals surface area contributed by atoms with E-state index in [-0.39, 0.29) is 6.61 Å².